The molecule has 1 aromatic heterocycles. The van der Waals surface area contributed by atoms with E-state index in [0.29, 0.717) is 10.9 Å². The average molecular weight is 290 g/mol. The zero-order valence-electron chi connectivity index (χ0n) is 11.2. The van der Waals surface area contributed by atoms with Crippen LogP contribution in [-0.4, -0.2) is 9.97 Å². The van der Waals surface area contributed by atoms with Gasteiger partial charge in [0.25, 0.3) is 0 Å². The molecule has 0 fully saturated rings. The second-order valence-electron chi connectivity index (χ2n) is 4.83. The number of hydrogen-bond acceptors (Lipinski definition) is 3. The molecular formula is C15H18N2S2. The Morgan fingerprint density at radius 2 is 1.95 bits per heavy atom. The van der Waals surface area contributed by atoms with E-state index in [2.05, 4.69) is 38.1 Å². The van der Waals surface area contributed by atoms with Gasteiger partial charge in [-0.1, -0.05) is 56.4 Å². The molecule has 19 heavy (non-hydrogen) atoms. The van der Waals surface area contributed by atoms with Gasteiger partial charge in [0, 0.05) is 6.42 Å². The van der Waals surface area contributed by atoms with Crippen LogP contribution >= 0.6 is 23.6 Å². The summed E-state index contributed by atoms with van der Waals surface area (Å²) >= 11 is 6.75. The smallest absolute Gasteiger partial charge is 0.116 e. The second kappa shape index (κ2) is 6.26. The molecule has 2 rings (SSSR count). The van der Waals surface area contributed by atoms with Crippen molar-refractivity contribution in [2.75, 3.05) is 0 Å². The largest absolute Gasteiger partial charge is 0.389 e. The number of nitrogens with zero attached hydrogens (tertiary/aromatic N) is 1. The standard InChI is InChI=1S/C15H18N2S2/c1-10(2)13-14(15(16)18)19-12(17-13)9-8-11-6-4-3-5-7-11/h3-7,10H,8-9H2,1-2H3,(H2,16,18). The summed E-state index contributed by atoms with van der Waals surface area (Å²) in [5, 5.41) is 1.12. The molecule has 0 aliphatic carbocycles. The van der Waals surface area contributed by atoms with Gasteiger partial charge in [-0.05, 0) is 17.9 Å². The summed E-state index contributed by atoms with van der Waals surface area (Å²) in [4.78, 5) is 6.14. The van der Waals surface area contributed by atoms with Crippen molar-refractivity contribution in [3.05, 3.63) is 51.5 Å². The molecule has 2 nitrogen and oxygen atoms in total. The van der Waals surface area contributed by atoms with Gasteiger partial charge < -0.3 is 5.73 Å². The number of benzene rings is 1. The van der Waals surface area contributed by atoms with Crippen LogP contribution in [0.5, 0.6) is 0 Å². The lowest BCUT2D eigenvalue weighted by atomic mass is 10.1. The van der Waals surface area contributed by atoms with E-state index in [9.17, 15) is 0 Å². The minimum atomic E-state index is 0.359. The third-order valence-electron chi connectivity index (χ3n) is 2.94. The average Bonchev–Trinajstić information content (AvgIpc) is 2.82. The van der Waals surface area contributed by atoms with Gasteiger partial charge in [0.2, 0.25) is 0 Å². The van der Waals surface area contributed by atoms with Crippen LogP contribution in [0.1, 0.15) is 40.9 Å². The van der Waals surface area contributed by atoms with Gasteiger partial charge in [0.15, 0.2) is 0 Å². The summed E-state index contributed by atoms with van der Waals surface area (Å²) in [6, 6.07) is 10.5. The van der Waals surface area contributed by atoms with Crippen LogP contribution in [0.25, 0.3) is 0 Å². The molecule has 0 saturated carbocycles. The molecule has 1 heterocycles. The van der Waals surface area contributed by atoms with Gasteiger partial charge in [-0.3, -0.25) is 0 Å². The third kappa shape index (κ3) is 3.61. The highest BCUT2D eigenvalue weighted by Gasteiger charge is 2.15. The number of thiazole rings is 1. The molecule has 100 valence electrons. The van der Waals surface area contributed by atoms with E-state index in [1.807, 2.05) is 6.07 Å². The van der Waals surface area contributed by atoms with Crippen LogP contribution in [0, 0.1) is 0 Å². The molecule has 1 aromatic carbocycles. The molecule has 0 aliphatic heterocycles. The fourth-order valence-corrected chi connectivity index (χ4v) is 3.25. The van der Waals surface area contributed by atoms with Crippen LogP contribution in [0.2, 0.25) is 0 Å². The SMILES string of the molecule is CC(C)c1nc(CCc2ccccc2)sc1C(N)=S. The van der Waals surface area contributed by atoms with Crippen LogP contribution < -0.4 is 5.73 Å². The fraction of sp³-hybridized carbons (Fsp3) is 0.333. The Labute approximate surface area is 123 Å². The lowest BCUT2D eigenvalue weighted by Gasteiger charge is -2.02. The Morgan fingerprint density at radius 3 is 2.47 bits per heavy atom. The number of aromatic nitrogens is 1. The Balaban J connectivity index is 2.13. The summed E-state index contributed by atoms with van der Waals surface area (Å²) in [7, 11) is 0. The van der Waals surface area contributed by atoms with Gasteiger partial charge >= 0.3 is 0 Å². The van der Waals surface area contributed by atoms with Crippen molar-refractivity contribution >= 4 is 28.5 Å². The summed E-state index contributed by atoms with van der Waals surface area (Å²) in [6.45, 7) is 4.25. The maximum atomic E-state index is 5.77. The highest BCUT2D eigenvalue weighted by atomic mass is 32.1. The molecule has 2 aromatic rings. The van der Waals surface area contributed by atoms with Crippen molar-refractivity contribution in [2.45, 2.75) is 32.6 Å². The van der Waals surface area contributed by atoms with E-state index in [-0.39, 0.29) is 0 Å². The van der Waals surface area contributed by atoms with Crippen LogP contribution in [0.3, 0.4) is 0 Å². The summed E-state index contributed by atoms with van der Waals surface area (Å²) in [6.07, 6.45) is 1.94. The Morgan fingerprint density at radius 1 is 1.26 bits per heavy atom. The molecule has 0 unspecified atom stereocenters. The minimum Gasteiger partial charge on any atom is -0.389 e. The maximum Gasteiger partial charge on any atom is 0.116 e. The summed E-state index contributed by atoms with van der Waals surface area (Å²) in [5.74, 6) is 0.359. The van der Waals surface area contributed by atoms with Gasteiger partial charge in [0.1, 0.15) is 4.99 Å². The number of aryl methyl sites for hydroxylation is 2. The number of thiocarbonyl (C=S) groups is 1. The molecule has 0 amide bonds. The molecule has 0 bridgehead atoms. The monoisotopic (exact) mass is 290 g/mol. The molecule has 0 atom stereocenters. The van der Waals surface area contributed by atoms with Crippen LogP contribution in [0.4, 0.5) is 0 Å². The van der Waals surface area contributed by atoms with Crippen molar-refractivity contribution in [2.24, 2.45) is 5.73 Å². The normalized spacial score (nSPS) is 10.9. The van der Waals surface area contributed by atoms with Crippen molar-refractivity contribution in [3.8, 4) is 0 Å². The summed E-state index contributed by atoms with van der Waals surface area (Å²) < 4.78 is 0. The predicted octanol–water partition coefficient (Wildman–Crippen LogP) is 3.69. The lowest BCUT2D eigenvalue weighted by Crippen LogP contribution is -2.10. The molecule has 0 radical (unpaired) electrons. The van der Waals surface area contributed by atoms with E-state index in [4.69, 9.17) is 22.9 Å². The van der Waals surface area contributed by atoms with E-state index < -0.39 is 0 Å². The van der Waals surface area contributed by atoms with Crippen molar-refractivity contribution in [1.29, 1.82) is 0 Å². The minimum absolute atomic E-state index is 0.359. The van der Waals surface area contributed by atoms with Crippen molar-refractivity contribution < 1.29 is 0 Å². The molecule has 0 saturated heterocycles. The Hall–Kier alpha value is -1.26. The first-order chi connectivity index (χ1) is 9.08. The molecule has 0 aliphatic rings. The highest BCUT2D eigenvalue weighted by molar-refractivity contribution is 7.81. The first kappa shape index (κ1) is 14.2. The van der Waals surface area contributed by atoms with Crippen molar-refractivity contribution in [3.63, 3.8) is 0 Å². The highest BCUT2D eigenvalue weighted by Crippen LogP contribution is 2.26. The first-order valence-electron chi connectivity index (χ1n) is 6.41. The Bertz CT molecular complexity index is 559. The third-order valence-corrected chi connectivity index (χ3v) is 4.44. The topological polar surface area (TPSA) is 38.9 Å². The Kier molecular flexibility index (Phi) is 4.66. The zero-order chi connectivity index (χ0) is 13.8. The lowest BCUT2D eigenvalue weighted by molar-refractivity contribution is 0.814. The molecular weight excluding hydrogens is 272 g/mol. The summed E-state index contributed by atoms with van der Waals surface area (Å²) in [5.41, 5.74) is 8.15. The number of hydrogen-bond donors (Lipinski definition) is 1. The molecule has 2 N–H and O–H groups in total. The first-order valence-corrected chi connectivity index (χ1v) is 7.63. The fourth-order valence-electron chi connectivity index (χ4n) is 1.95. The van der Waals surface area contributed by atoms with Crippen LogP contribution in [-0.2, 0) is 12.8 Å². The van der Waals surface area contributed by atoms with E-state index in [1.54, 1.807) is 11.3 Å². The van der Waals surface area contributed by atoms with Gasteiger partial charge in [-0.15, -0.1) is 11.3 Å². The number of rotatable bonds is 5. The zero-order valence-corrected chi connectivity index (χ0v) is 12.9. The van der Waals surface area contributed by atoms with E-state index in [1.165, 1.54) is 5.56 Å². The van der Waals surface area contributed by atoms with E-state index >= 15 is 0 Å². The molecule has 0 spiro atoms. The second-order valence-corrected chi connectivity index (χ2v) is 6.35. The van der Waals surface area contributed by atoms with Crippen LogP contribution in [0.15, 0.2) is 30.3 Å². The van der Waals surface area contributed by atoms with Gasteiger partial charge in [-0.25, -0.2) is 4.98 Å². The predicted molar refractivity (Wildman–Crippen MR) is 85.9 cm³/mol. The molecule has 4 heteroatoms. The van der Waals surface area contributed by atoms with Gasteiger partial charge in [-0.2, -0.15) is 0 Å². The maximum absolute atomic E-state index is 5.77. The van der Waals surface area contributed by atoms with E-state index in [0.717, 1.165) is 28.4 Å². The number of nitrogens with two attached hydrogens (primary N) is 1. The van der Waals surface area contributed by atoms with Gasteiger partial charge in [0.05, 0.1) is 15.6 Å². The van der Waals surface area contributed by atoms with Crippen molar-refractivity contribution in [1.82, 2.24) is 4.98 Å². The quantitative estimate of drug-likeness (QED) is 0.854.